The van der Waals surface area contributed by atoms with Crippen LogP contribution < -0.4 is 21.3 Å². The van der Waals surface area contributed by atoms with Crippen LogP contribution in [0.15, 0.2) is 39.9 Å². The Hall–Kier alpha value is -2.54. The van der Waals surface area contributed by atoms with Gasteiger partial charge in [-0.05, 0) is 37.5 Å². The van der Waals surface area contributed by atoms with Crippen molar-refractivity contribution in [1.29, 1.82) is 0 Å². The van der Waals surface area contributed by atoms with Crippen LogP contribution in [-0.2, 0) is 4.74 Å². The van der Waals surface area contributed by atoms with Crippen molar-refractivity contribution in [3.63, 3.8) is 0 Å². The Labute approximate surface area is 145 Å². The highest BCUT2D eigenvalue weighted by molar-refractivity contribution is 5.39. The van der Waals surface area contributed by atoms with E-state index in [9.17, 15) is 9.59 Å². The second-order valence-electron chi connectivity index (χ2n) is 6.18. The Morgan fingerprint density at radius 2 is 2.04 bits per heavy atom. The fourth-order valence-corrected chi connectivity index (χ4v) is 3.10. The van der Waals surface area contributed by atoms with Gasteiger partial charge in [0, 0.05) is 25.3 Å². The number of H-pyrrole nitrogens is 1. The van der Waals surface area contributed by atoms with E-state index in [2.05, 4.69) is 10.3 Å². The molecule has 2 heterocycles. The largest absolute Gasteiger partial charge is 0.497 e. The zero-order valence-electron chi connectivity index (χ0n) is 14.5. The third-order valence-electron chi connectivity index (χ3n) is 4.49. The first-order chi connectivity index (χ1) is 12.1. The van der Waals surface area contributed by atoms with Crippen molar-refractivity contribution in [3.8, 4) is 5.75 Å². The van der Waals surface area contributed by atoms with E-state index in [0.29, 0.717) is 31.9 Å². The van der Waals surface area contributed by atoms with Crippen molar-refractivity contribution in [2.45, 2.75) is 31.8 Å². The third-order valence-corrected chi connectivity index (χ3v) is 4.49. The summed E-state index contributed by atoms with van der Waals surface area (Å²) < 4.78 is 11.8. The molecule has 134 valence electrons. The number of methoxy groups -OCH3 is 1. The van der Waals surface area contributed by atoms with Gasteiger partial charge in [0.05, 0.1) is 13.2 Å². The smallest absolute Gasteiger partial charge is 0.330 e. The lowest BCUT2D eigenvalue weighted by Crippen LogP contribution is -2.40. The predicted octanol–water partition coefficient (Wildman–Crippen LogP) is 2.07. The van der Waals surface area contributed by atoms with Crippen LogP contribution in [-0.4, -0.2) is 29.9 Å². The highest BCUT2D eigenvalue weighted by Crippen LogP contribution is 2.21. The van der Waals surface area contributed by atoms with Crippen LogP contribution >= 0.6 is 0 Å². The highest BCUT2D eigenvalue weighted by atomic mass is 16.5. The fourth-order valence-electron chi connectivity index (χ4n) is 3.10. The minimum Gasteiger partial charge on any atom is -0.497 e. The zero-order chi connectivity index (χ0) is 17.8. The first-order valence-electron chi connectivity index (χ1n) is 8.42. The van der Waals surface area contributed by atoms with Gasteiger partial charge in [-0.25, -0.2) is 4.79 Å². The Balaban J connectivity index is 1.81. The molecule has 1 aliphatic rings. The van der Waals surface area contributed by atoms with Gasteiger partial charge in [-0.3, -0.25) is 14.3 Å². The van der Waals surface area contributed by atoms with E-state index in [4.69, 9.17) is 9.47 Å². The number of nitrogens with one attached hydrogen (secondary N) is 2. The fraction of sp³-hybridized carbons (Fsp3) is 0.444. The van der Waals surface area contributed by atoms with E-state index in [-0.39, 0.29) is 23.3 Å². The normalized spacial score (nSPS) is 16.4. The number of aromatic nitrogens is 2. The molecule has 7 heteroatoms. The van der Waals surface area contributed by atoms with Crippen LogP contribution in [0.5, 0.6) is 5.75 Å². The van der Waals surface area contributed by atoms with Crippen LogP contribution in [0.25, 0.3) is 0 Å². The predicted molar refractivity (Wildman–Crippen MR) is 95.4 cm³/mol. The number of anilines is 1. The van der Waals surface area contributed by atoms with Crippen molar-refractivity contribution in [2.24, 2.45) is 0 Å². The summed E-state index contributed by atoms with van der Waals surface area (Å²) in [7, 11) is 1.62. The summed E-state index contributed by atoms with van der Waals surface area (Å²) in [6, 6.07) is 8.89. The summed E-state index contributed by atoms with van der Waals surface area (Å²) in [5, 5.41) is 3.17. The summed E-state index contributed by atoms with van der Waals surface area (Å²) in [5.41, 5.74) is 0.310. The molecular formula is C18H23N3O4. The first-order valence-corrected chi connectivity index (χ1v) is 8.42. The molecular weight excluding hydrogens is 322 g/mol. The molecule has 1 saturated heterocycles. The quantitative estimate of drug-likeness (QED) is 0.866. The van der Waals surface area contributed by atoms with E-state index in [1.54, 1.807) is 7.11 Å². The number of rotatable bonds is 5. The van der Waals surface area contributed by atoms with Gasteiger partial charge in [-0.1, -0.05) is 12.1 Å². The average Bonchev–Trinajstić information content (AvgIpc) is 2.62. The SMILES string of the molecule is COc1cccc(C(C)Nc2cc(=O)n(C3CCOCC3)c(=O)[nH]2)c1. The lowest BCUT2D eigenvalue weighted by Gasteiger charge is -2.23. The third kappa shape index (κ3) is 3.93. The first kappa shape index (κ1) is 17.3. The van der Waals surface area contributed by atoms with Crippen molar-refractivity contribution in [2.75, 3.05) is 25.6 Å². The second kappa shape index (κ2) is 7.57. The lowest BCUT2D eigenvalue weighted by molar-refractivity contribution is 0.0674. The maximum absolute atomic E-state index is 12.4. The van der Waals surface area contributed by atoms with Crippen LogP contribution in [0, 0.1) is 0 Å². The van der Waals surface area contributed by atoms with E-state index in [1.165, 1.54) is 10.6 Å². The van der Waals surface area contributed by atoms with E-state index >= 15 is 0 Å². The number of hydrogen-bond donors (Lipinski definition) is 2. The van der Waals surface area contributed by atoms with Crippen molar-refractivity contribution < 1.29 is 9.47 Å². The maximum atomic E-state index is 12.4. The summed E-state index contributed by atoms with van der Waals surface area (Å²) in [6.07, 6.45) is 1.35. The van der Waals surface area contributed by atoms with Crippen LogP contribution in [0.3, 0.4) is 0 Å². The van der Waals surface area contributed by atoms with Gasteiger partial charge >= 0.3 is 5.69 Å². The molecule has 1 aromatic heterocycles. The zero-order valence-corrected chi connectivity index (χ0v) is 14.5. The van der Waals surface area contributed by atoms with Gasteiger partial charge in [0.15, 0.2) is 0 Å². The number of nitrogens with zero attached hydrogens (tertiary/aromatic N) is 1. The molecule has 0 saturated carbocycles. The molecule has 0 amide bonds. The highest BCUT2D eigenvalue weighted by Gasteiger charge is 2.19. The summed E-state index contributed by atoms with van der Waals surface area (Å²) in [6.45, 7) is 3.10. The molecule has 0 bridgehead atoms. The number of hydrogen-bond acceptors (Lipinski definition) is 5. The van der Waals surface area contributed by atoms with Gasteiger partial charge < -0.3 is 14.8 Å². The number of benzene rings is 1. The summed E-state index contributed by atoms with van der Waals surface area (Å²) in [4.78, 5) is 27.6. The Morgan fingerprint density at radius 3 is 2.72 bits per heavy atom. The molecule has 0 radical (unpaired) electrons. The monoisotopic (exact) mass is 345 g/mol. The minimum absolute atomic E-state index is 0.0934. The molecule has 0 spiro atoms. The molecule has 1 unspecified atom stereocenters. The van der Waals surface area contributed by atoms with Crippen LogP contribution in [0.2, 0.25) is 0 Å². The van der Waals surface area contributed by atoms with E-state index in [0.717, 1.165) is 11.3 Å². The number of aromatic amines is 1. The standard InChI is InChI=1S/C18H23N3O4/c1-12(13-4-3-5-15(10-13)24-2)19-16-11-17(22)21(18(23)20-16)14-6-8-25-9-7-14/h3-5,10-12,14,19H,6-9H2,1-2H3,(H,20,23). The van der Waals surface area contributed by atoms with Gasteiger partial charge in [0.1, 0.15) is 11.6 Å². The second-order valence-corrected chi connectivity index (χ2v) is 6.18. The topological polar surface area (TPSA) is 85.3 Å². The molecule has 0 aliphatic carbocycles. The maximum Gasteiger partial charge on any atom is 0.330 e. The van der Waals surface area contributed by atoms with Crippen LogP contribution in [0.4, 0.5) is 5.82 Å². The molecule has 3 rings (SSSR count). The molecule has 2 aromatic rings. The molecule has 25 heavy (non-hydrogen) atoms. The molecule has 1 atom stereocenters. The minimum atomic E-state index is -0.389. The molecule has 1 aliphatic heterocycles. The van der Waals surface area contributed by atoms with Gasteiger partial charge in [0.25, 0.3) is 5.56 Å². The van der Waals surface area contributed by atoms with E-state index in [1.807, 2.05) is 31.2 Å². The van der Waals surface area contributed by atoms with Crippen molar-refractivity contribution in [1.82, 2.24) is 9.55 Å². The van der Waals surface area contributed by atoms with Crippen LogP contribution in [0.1, 0.15) is 37.4 Å². The van der Waals surface area contributed by atoms with Gasteiger partial charge in [-0.15, -0.1) is 0 Å². The Bertz CT molecular complexity index is 805. The lowest BCUT2D eigenvalue weighted by atomic mass is 10.1. The molecule has 2 N–H and O–H groups in total. The van der Waals surface area contributed by atoms with E-state index < -0.39 is 0 Å². The molecule has 7 nitrogen and oxygen atoms in total. The number of ether oxygens (including phenoxy) is 2. The summed E-state index contributed by atoms with van der Waals surface area (Å²) >= 11 is 0. The Kier molecular flexibility index (Phi) is 5.23. The van der Waals surface area contributed by atoms with Gasteiger partial charge in [-0.2, -0.15) is 0 Å². The molecule has 1 fully saturated rings. The molecule has 1 aromatic carbocycles. The van der Waals surface area contributed by atoms with Crippen molar-refractivity contribution >= 4 is 5.82 Å². The average molecular weight is 345 g/mol. The van der Waals surface area contributed by atoms with Crippen molar-refractivity contribution in [3.05, 3.63) is 56.7 Å². The summed E-state index contributed by atoms with van der Waals surface area (Å²) in [5.74, 6) is 1.17. The Morgan fingerprint density at radius 1 is 1.28 bits per heavy atom. The van der Waals surface area contributed by atoms with Gasteiger partial charge in [0.2, 0.25) is 0 Å².